The summed E-state index contributed by atoms with van der Waals surface area (Å²) in [6.45, 7) is 2.50. The van der Waals surface area contributed by atoms with Crippen LogP contribution in [0.2, 0.25) is 0 Å². The Morgan fingerprint density at radius 2 is 2.08 bits per heavy atom. The Balaban J connectivity index is 1.58. The van der Waals surface area contributed by atoms with Gasteiger partial charge in [-0.1, -0.05) is 11.8 Å². The minimum atomic E-state index is -0.434. The standard InChI is InChI=1S/C17H15N3O4S2/c1-2-24-13-6-3-11(4-7-13)18-16(21)10-25-17-19-14-8-5-12(20(22)23)9-15(14)26-17/h3-9H,2,10H2,1H3,(H,18,21). The van der Waals surface area contributed by atoms with Crippen LogP contribution in [0.25, 0.3) is 10.2 Å². The number of thiazole rings is 1. The summed E-state index contributed by atoms with van der Waals surface area (Å²) < 4.78 is 6.78. The van der Waals surface area contributed by atoms with Crippen molar-refractivity contribution in [3.8, 4) is 5.75 Å². The lowest BCUT2D eigenvalue weighted by atomic mass is 10.3. The summed E-state index contributed by atoms with van der Waals surface area (Å²) in [7, 11) is 0. The molecular weight excluding hydrogens is 374 g/mol. The van der Waals surface area contributed by atoms with E-state index in [2.05, 4.69) is 10.3 Å². The van der Waals surface area contributed by atoms with E-state index < -0.39 is 4.92 Å². The number of hydrogen-bond donors (Lipinski definition) is 1. The largest absolute Gasteiger partial charge is 0.494 e. The Morgan fingerprint density at radius 3 is 2.77 bits per heavy atom. The number of nitro groups is 1. The quantitative estimate of drug-likeness (QED) is 0.367. The van der Waals surface area contributed by atoms with Crippen molar-refractivity contribution in [1.82, 2.24) is 4.98 Å². The van der Waals surface area contributed by atoms with Crippen LogP contribution in [0.1, 0.15) is 6.92 Å². The number of non-ortho nitro benzene ring substituents is 1. The lowest BCUT2D eigenvalue weighted by Gasteiger charge is -2.06. The smallest absolute Gasteiger partial charge is 0.270 e. The van der Waals surface area contributed by atoms with Gasteiger partial charge in [0.05, 0.1) is 27.5 Å². The van der Waals surface area contributed by atoms with Gasteiger partial charge in [0.25, 0.3) is 5.69 Å². The van der Waals surface area contributed by atoms with E-state index in [0.717, 1.165) is 10.4 Å². The van der Waals surface area contributed by atoms with E-state index in [4.69, 9.17) is 4.74 Å². The molecule has 7 nitrogen and oxygen atoms in total. The Bertz CT molecular complexity index is 941. The van der Waals surface area contributed by atoms with Gasteiger partial charge in [0.2, 0.25) is 5.91 Å². The number of hydrogen-bond acceptors (Lipinski definition) is 7. The van der Waals surface area contributed by atoms with Crippen molar-refractivity contribution < 1.29 is 14.5 Å². The second-order valence-corrected chi connectivity index (χ2v) is 7.44. The molecule has 1 N–H and O–H groups in total. The third kappa shape index (κ3) is 4.50. The van der Waals surface area contributed by atoms with Gasteiger partial charge in [-0.15, -0.1) is 11.3 Å². The van der Waals surface area contributed by atoms with Gasteiger partial charge in [-0.3, -0.25) is 14.9 Å². The highest BCUT2D eigenvalue weighted by molar-refractivity contribution is 8.01. The molecule has 1 amide bonds. The fourth-order valence-corrected chi connectivity index (χ4v) is 4.09. The average Bonchev–Trinajstić information content (AvgIpc) is 3.04. The molecule has 0 bridgehead atoms. The predicted octanol–water partition coefficient (Wildman–Crippen LogP) is 4.33. The van der Waals surface area contributed by atoms with E-state index in [9.17, 15) is 14.9 Å². The van der Waals surface area contributed by atoms with Crippen LogP contribution < -0.4 is 10.1 Å². The number of amides is 1. The molecule has 2 aromatic carbocycles. The number of ether oxygens (including phenoxy) is 1. The van der Waals surface area contributed by atoms with Crippen LogP contribution >= 0.6 is 23.1 Å². The van der Waals surface area contributed by atoms with Crippen molar-refractivity contribution in [2.45, 2.75) is 11.3 Å². The first-order chi connectivity index (χ1) is 12.5. The van der Waals surface area contributed by atoms with Gasteiger partial charge in [0.15, 0.2) is 4.34 Å². The minimum Gasteiger partial charge on any atom is -0.494 e. The van der Waals surface area contributed by atoms with Crippen molar-refractivity contribution in [3.05, 3.63) is 52.6 Å². The van der Waals surface area contributed by atoms with Crippen LogP contribution in [-0.2, 0) is 4.79 Å². The molecule has 3 aromatic rings. The fourth-order valence-electron chi connectivity index (χ4n) is 2.19. The van der Waals surface area contributed by atoms with Crippen LogP contribution in [0.15, 0.2) is 46.8 Å². The van der Waals surface area contributed by atoms with E-state index in [-0.39, 0.29) is 17.3 Å². The van der Waals surface area contributed by atoms with E-state index in [1.165, 1.54) is 35.2 Å². The molecule has 0 spiro atoms. The van der Waals surface area contributed by atoms with Crippen molar-refractivity contribution in [1.29, 1.82) is 0 Å². The number of carbonyl (C=O) groups excluding carboxylic acids is 1. The minimum absolute atomic E-state index is 0.0333. The second-order valence-electron chi connectivity index (χ2n) is 5.18. The Morgan fingerprint density at radius 1 is 1.31 bits per heavy atom. The third-order valence-corrected chi connectivity index (χ3v) is 5.50. The number of benzene rings is 2. The molecule has 0 radical (unpaired) electrons. The third-order valence-electron chi connectivity index (χ3n) is 3.34. The molecule has 1 aromatic heterocycles. The number of carbonyl (C=O) groups is 1. The zero-order valence-corrected chi connectivity index (χ0v) is 15.4. The van der Waals surface area contributed by atoms with Crippen LogP contribution in [0.4, 0.5) is 11.4 Å². The first-order valence-corrected chi connectivity index (χ1v) is 9.56. The lowest BCUT2D eigenvalue weighted by Crippen LogP contribution is -2.13. The molecule has 0 unspecified atom stereocenters. The van der Waals surface area contributed by atoms with Gasteiger partial charge in [-0.2, -0.15) is 0 Å². The van der Waals surface area contributed by atoms with E-state index in [1.54, 1.807) is 30.3 Å². The zero-order chi connectivity index (χ0) is 18.5. The number of rotatable bonds is 7. The maximum Gasteiger partial charge on any atom is 0.270 e. The van der Waals surface area contributed by atoms with Crippen LogP contribution in [0.3, 0.4) is 0 Å². The molecule has 0 saturated heterocycles. The average molecular weight is 389 g/mol. The molecule has 0 aliphatic rings. The Labute approximate surface area is 157 Å². The summed E-state index contributed by atoms with van der Waals surface area (Å²) in [6.07, 6.45) is 0. The highest BCUT2D eigenvalue weighted by Crippen LogP contribution is 2.31. The number of thioether (sulfide) groups is 1. The monoisotopic (exact) mass is 389 g/mol. The summed E-state index contributed by atoms with van der Waals surface area (Å²) in [4.78, 5) is 26.9. The summed E-state index contributed by atoms with van der Waals surface area (Å²) in [6, 6.07) is 11.7. The maximum atomic E-state index is 12.1. The molecule has 134 valence electrons. The number of anilines is 1. The van der Waals surface area contributed by atoms with Gasteiger partial charge in [-0.25, -0.2) is 4.98 Å². The summed E-state index contributed by atoms with van der Waals surface area (Å²) in [5.41, 5.74) is 1.42. The van der Waals surface area contributed by atoms with Gasteiger partial charge < -0.3 is 10.1 Å². The second kappa shape index (κ2) is 8.15. The molecule has 9 heteroatoms. The van der Waals surface area contributed by atoms with Crippen molar-refractivity contribution in [3.63, 3.8) is 0 Å². The topological polar surface area (TPSA) is 94.4 Å². The van der Waals surface area contributed by atoms with Crippen molar-refractivity contribution in [2.24, 2.45) is 0 Å². The van der Waals surface area contributed by atoms with E-state index in [1.807, 2.05) is 6.92 Å². The Hall–Kier alpha value is -2.65. The normalized spacial score (nSPS) is 10.7. The highest BCUT2D eigenvalue weighted by atomic mass is 32.2. The van der Waals surface area contributed by atoms with Gasteiger partial charge in [0, 0.05) is 17.8 Å². The molecule has 0 fully saturated rings. The summed E-state index contributed by atoms with van der Waals surface area (Å²) >= 11 is 2.64. The zero-order valence-electron chi connectivity index (χ0n) is 13.8. The number of nitrogens with zero attached hydrogens (tertiary/aromatic N) is 2. The van der Waals surface area contributed by atoms with Crippen LogP contribution in [0, 0.1) is 10.1 Å². The first kappa shape index (κ1) is 18.2. The molecule has 3 rings (SSSR count). The summed E-state index contributed by atoms with van der Waals surface area (Å²) in [5, 5.41) is 13.6. The molecule has 26 heavy (non-hydrogen) atoms. The Kier molecular flexibility index (Phi) is 5.69. The van der Waals surface area contributed by atoms with Gasteiger partial charge >= 0.3 is 0 Å². The number of nitro benzene ring substituents is 1. The molecule has 0 aliphatic heterocycles. The van der Waals surface area contributed by atoms with Crippen molar-refractivity contribution in [2.75, 3.05) is 17.7 Å². The molecular formula is C17H15N3O4S2. The fraction of sp³-hybridized carbons (Fsp3) is 0.176. The van der Waals surface area contributed by atoms with E-state index >= 15 is 0 Å². The van der Waals surface area contributed by atoms with Crippen LogP contribution in [-0.4, -0.2) is 28.2 Å². The highest BCUT2D eigenvalue weighted by Gasteiger charge is 2.12. The lowest BCUT2D eigenvalue weighted by molar-refractivity contribution is -0.384. The maximum absolute atomic E-state index is 12.1. The molecule has 0 aliphatic carbocycles. The summed E-state index contributed by atoms with van der Waals surface area (Å²) in [5.74, 6) is 0.808. The molecule has 1 heterocycles. The first-order valence-electron chi connectivity index (χ1n) is 7.75. The number of fused-ring (bicyclic) bond motifs is 1. The number of aromatic nitrogens is 1. The van der Waals surface area contributed by atoms with Gasteiger partial charge in [-0.05, 0) is 37.3 Å². The molecule has 0 saturated carbocycles. The molecule has 0 atom stereocenters. The van der Waals surface area contributed by atoms with Crippen LogP contribution in [0.5, 0.6) is 5.75 Å². The van der Waals surface area contributed by atoms with E-state index in [0.29, 0.717) is 22.2 Å². The van der Waals surface area contributed by atoms with Crippen molar-refractivity contribution >= 4 is 50.6 Å². The predicted molar refractivity (Wildman–Crippen MR) is 103 cm³/mol. The number of nitrogens with one attached hydrogen (secondary N) is 1. The van der Waals surface area contributed by atoms with Gasteiger partial charge in [0.1, 0.15) is 5.75 Å². The SMILES string of the molecule is CCOc1ccc(NC(=O)CSc2nc3ccc([N+](=O)[O-])cc3s2)cc1.